The molecule has 0 bridgehead atoms. The van der Waals surface area contributed by atoms with Crippen molar-refractivity contribution in [3.05, 3.63) is 29.8 Å². The number of carbonyl (C=O) groups is 6. The molecule has 0 aliphatic carbocycles. The van der Waals surface area contributed by atoms with Gasteiger partial charge in [0.15, 0.2) is 12.2 Å². The van der Waals surface area contributed by atoms with Gasteiger partial charge in [0.05, 0.1) is 13.2 Å². The number of ether oxygens (including phenoxy) is 6. The average Bonchev–Trinajstić information content (AvgIpc) is 2.86. The van der Waals surface area contributed by atoms with Gasteiger partial charge in [-0.1, -0.05) is 29.5 Å². The van der Waals surface area contributed by atoms with E-state index in [0.29, 0.717) is 4.90 Å². The first-order valence-corrected chi connectivity index (χ1v) is 13.4. The van der Waals surface area contributed by atoms with Crippen LogP contribution in [0.15, 0.2) is 29.2 Å². The molecule has 1 amide bonds. The highest BCUT2D eigenvalue weighted by molar-refractivity contribution is 8.01. The summed E-state index contributed by atoms with van der Waals surface area (Å²) in [6, 6.07) is 5.90. The van der Waals surface area contributed by atoms with Crippen LogP contribution in [0, 0.1) is 6.92 Å². The quantitative estimate of drug-likeness (QED) is 0.289. The molecule has 0 aromatic heterocycles. The van der Waals surface area contributed by atoms with Gasteiger partial charge in [-0.25, -0.2) is 4.79 Å². The Morgan fingerprint density at radius 1 is 0.951 bits per heavy atom. The van der Waals surface area contributed by atoms with E-state index in [1.807, 2.05) is 19.1 Å². The summed E-state index contributed by atoms with van der Waals surface area (Å²) in [5.41, 5.74) is 0.956. The van der Waals surface area contributed by atoms with Crippen molar-refractivity contribution < 1.29 is 57.2 Å². The van der Waals surface area contributed by atoms with Crippen molar-refractivity contribution in [2.24, 2.45) is 0 Å². The highest BCUT2D eigenvalue weighted by Crippen LogP contribution is 2.46. The molecule has 1 saturated heterocycles. The van der Waals surface area contributed by atoms with E-state index >= 15 is 0 Å². The summed E-state index contributed by atoms with van der Waals surface area (Å²) in [6.45, 7) is 6.97. The number of hydrogen-bond acceptors (Lipinski definition) is 13. The zero-order valence-corrected chi connectivity index (χ0v) is 24.7. The van der Waals surface area contributed by atoms with Gasteiger partial charge in [0.1, 0.15) is 18.8 Å². The highest BCUT2D eigenvalue weighted by Gasteiger charge is 2.58. The first-order chi connectivity index (χ1) is 19.2. The molecule has 1 fully saturated rings. The summed E-state index contributed by atoms with van der Waals surface area (Å²) in [7, 11) is 1.14. The van der Waals surface area contributed by atoms with Crippen molar-refractivity contribution in [1.29, 1.82) is 0 Å². The lowest BCUT2D eigenvalue weighted by molar-refractivity contribution is -0.224. The Morgan fingerprint density at radius 3 is 2.05 bits per heavy atom. The average molecular weight is 598 g/mol. The van der Waals surface area contributed by atoms with E-state index in [4.69, 9.17) is 28.4 Å². The maximum atomic E-state index is 13.4. The molecule has 1 aliphatic rings. The SMILES string of the molecule is COC(=O)[C@@]1(Sc2ccc(C)cc2)C[C@H](OC(C)=O)[C@@H](NC(C)=O)[C@H]([C@H](OC(C)=O)[C@@H](COC(C)=O)OC(C)=O)O1. The molecule has 14 heteroatoms. The lowest BCUT2D eigenvalue weighted by atomic mass is 9.89. The van der Waals surface area contributed by atoms with Gasteiger partial charge in [0.25, 0.3) is 0 Å². The summed E-state index contributed by atoms with van der Waals surface area (Å²) >= 11 is 0.955. The van der Waals surface area contributed by atoms with Crippen LogP contribution in [-0.4, -0.2) is 84.9 Å². The van der Waals surface area contributed by atoms with Gasteiger partial charge in [0.2, 0.25) is 10.8 Å². The van der Waals surface area contributed by atoms with E-state index < -0.39 is 77.8 Å². The highest BCUT2D eigenvalue weighted by atomic mass is 32.2. The fourth-order valence-electron chi connectivity index (χ4n) is 4.30. The van der Waals surface area contributed by atoms with Gasteiger partial charge < -0.3 is 33.7 Å². The van der Waals surface area contributed by atoms with Gasteiger partial charge in [-0.15, -0.1) is 0 Å². The van der Waals surface area contributed by atoms with E-state index in [1.165, 1.54) is 6.92 Å². The monoisotopic (exact) mass is 597 g/mol. The second kappa shape index (κ2) is 14.8. The second-order valence-corrected chi connectivity index (χ2v) is 10.7. The van der Waals surface area contributed by atoms with Crippen LogP contribution in [0.3, 0.4) is 0 Å². The molecular weight excluding hydrogens is 562 g/mol. The molecule has 1 heterocycles. The Labute approximate surface area is 241 Å². The number of thioether (sulfide) groups is 1. The maximum absolute atomic E-state index is 13.4. The molecule has 1 N–H and O–H groups in total. The molecule has 1 aromatic rings. The Morgan fingerprint density at radius 2 is 1.56 bits per heavy atom. The van der Waals surface area contributed by atoms with Crippen molar-refractivity contribution in [2.75, 3.05) is 13.7 Å². The number of carbonyl (C=O) groups excluding carboxylic acids is 6. The molecule has 0 saturated carbocycles. The standard InChI is InChI=1S/C27H35NO12S/c1-14-8-10-20(11-9-14)41-27(26(34)35-7)12-21(37-17(4)31)23(28-15(2)29)25(40-27)24(39-19(6)33)22(38-18(5)32)13-36-16(3)30/h8-11,21-25H,12-13H2,1-7H3,(H,28,29)/t21-,22+,23+,24+,25+,27-/m0/s1. The third-order valence-corrected chi connectivity index (χ3v) is 7.07. The minimum absolute atomic E-state index is 0.284. The molecular formula is C27H35NO12S. The van der Waals surface area contributed by atoms with Crippen molar-refractivity contribution in [1.82, 2.24) is 5.32 Å². The first kappa shape index (κ1) is 33.6. The predicted octanol–water partition coefficient (Wildman–Crippen LogP) is 1.61. The van der Waals surface area contributed by atoms with Crippen molar-refractivity contribution in [3.8, 4) is 0 Å². The topological polar surface area (TPSA) is 170 Å². The summed E-state index contributed by atoms with van der Waals surface area (Å²) in [4.78, 5) is 72.5. The molecule has 2 rings (SSSR count). The van der Waals surface area contributed by atoms with Crippen LogP contribution in [0.1, 0.15) is 46.6 Å². The number of benzene rings is 1. The minimum atomic E-state index is -1.90. The number of methoxy groups -OCH3 is 1. The van der Waals surface area contributed by atoms with Crippen LogP contribution < -0.4 is 5.32 Å². The summed E-state index contributed by atoms with van der Waals surface area (Å²) in [5.74, 6) is -4.53. The van der Waals surface area contributed by atoms with Gasteiger partial charge in [-0.3, -0.25) is 24.0 Å². The normalized spacial score (nSPS) is 23.2. The predicted molar refractivity (Wildman–Crippen MR) is 142 cm³/mol. The zero-order chi connectivity index (χ0) is 30.9. The molecule has 41 heavy (non-hydrogen) atoms. The largest absolute Gasteiger partial charge is 0.466 e. The number of esters is 5. The number of aryl methyl sites for hydroxylation is 1. The van der Waals surface area contributed by atoms with Gasteiger partial charge >= 0.3 is 29.8 Å². The van der Waals surface area contributed by atoms with Crippen LogP contribution >= 0.6 is 11.8 Å². The van der Waals surface area contributed by atoms with Crippen LogP contribution in [0.2, 0.25) is 0 Å². The zero-order valence-electron chi connectivity index (χ0n) is 23.9. The maximum Gasteiger partial charge on any atom is 0.349 e. The Bertz CT molecular complexity index is 1140. The Kier molecular flexibility index (Phi) is 12.1. The Hall–Kier alpha value is -3.65. The Balaban J connectivity index is 2.77. The first-order valence-electron chi connectivity index (χ1n) is 12.6. The molecule has 1 aromatic carbocycles. The third kappa shape index (κ3) is 9.74. The van der Waals surface area contributed by atoms with Crippen LogP contribution in [-0.2, 0) is 57.2 Å². The number of nitrogens with one attached hydrogen (secondary N) is 1. The van der Waals surface area contributed by atoms with Crippen LogP contribution in [0.4, 0.5) is 0 Å². The summed E-state index contributed by atoms with van der Waals surface area (Å²) < 4.78 is 33.0. The fourth-order valence-corrected chi connectivity index (χ4v) is 5.53. The van der Waals surface area contributed by atoms with Crippen molar-refractivity contribution in [3.63, 3.8) is 0 Å². The van der Waals surface area contributed by atoms with Crippen LogP contribution in [0.25, 0.3) is 0 Å². The number of hydrogen-bond donors (Lipinski definition) is 1. The lowest BCUT2D eigenvalue weighted by Crippen LogP contribution is -2.68. The molecule has 0 radical (unpaired) electrons. The molecule has 226 valence electrons. The molecule has 13 nitrogen and oxygen atoms in total. The van der Waals surface area contributed by atoms with Crippen molar-refractivity contribution in [2.45, 2.75) is 88.2 Å². The van der Waals surface area contributed by atoms with E-state index in [2.05, 4.69) is 5.32 Å². The summed E-state index contributed by atoms with van der Waals surface area (Å²) in [6.07, 6.45) is -5.99. The van der Waals surface area contributed by atoms with Crippen molar-refractivity contribution >= 4 is 47.5 Å². The minimum Gasteiger partial charge on any atom is -0.466 e. The number of amides is 1. The molecule has 0 unspecified atom stereocenters. The molecule has 1 aliphatic heterocycles. The number of rotatable bonds is 11. The van der Waals surface area contributed by atoms with Gasteiger partial charge in [-0.2, -0.15) is 0 Å². The summed E-state index contributed by atoms with van der Waals surface area (Å²) in [5, 5.41) is 2.64. The fraction of sp³-hybridized carbons (Fsp3) is 0.556. The van der Waals surface area contributed by atoms with E-state index in [0.717, 1.165) is 52.1 Å². The van der Waals surface area contributed by atoms with E-state index in [-0.39, 0.29) is 6.42 Å². The van der Waals surface area contributed by atoms with E-state index in [9.17, 15) is 28.8 Å². The van der Waals surface area contributed by atoms with Crippen LogP contribution in [0.5, 0.6) is 0 Å². The van der Waals surface area contributed by atoms with Gasteiger partial charge in [-0.05, 0) is 19.1 Å². The van der Waals surface area contributed by atoms with Gasteiger partial charge in [0, 0.05) is 45.9 Å². The molecule has 0 spiro atoms. The van der Waals surface area contributed by atoms with E-state index in [1.54, 1.807) is 12.1 Å². The smallest absolute Gasteiger partial charge is 0.349 e. The lowest BCUT2D eigenvalue weighted by Gasteiger charge is -2.48. The third-order valence-electron chi connectivity index (χ3n) is 5.80. The second-order valence-electron chi connectivity index (χ2n) is 9.34. The molecule has 6 atom stereocenters.